The second-order valence-corrected chi connectivity index (χ2v) is 8.39. The zero-order valence-corrected chi connectivity index (χ0v) is 15.7. The van der Waals surface area contributed by atoms with E-state index in [0.717, 1.165) is 31.2 Å². The highest BCUT2D eigenvalue weighted by atomic mass is 32.1. The van der Waals surface area contributed by atoms with Crippen LogP contribution in [0.25, 0.3) is 0 Å². The summed E-state index contributed by atoms with van der Waals surface area (Å²) in [6.45, 7) is 6.81. The second-order valence-electron chi connectivity index (χ2n) is 7.29. The first-order valence-electron chi connectivity index (χ1n) is 8.62. The highest BCUT2D eigenvalue weighted by Gasteiger charge is 2.35. The number of amides is 2. The summed E-state index contributed by atoms with van der Waals surface area (Å²) in [5, 5.41) is 3.34. The van der Waals surface area contributed by atoms with Crippen molar-refractivity contribution in [3.05, 3.63) is 40.2 Å². The number of hydrogen-bond acceptors (Lipinski definition) is 4. The van der Waals surface area contributed by atoms with Crippen molar-refractivity contribution in [3.8, 4) is 0 Å². The van der Waals surface area contributed by atoms with Gasteiger partial charge < -0.3 is 15.5 Å². The van der Waals surface area contributed by atoms with E-state index < -0.39 is 5.91 Å². The summed E-state index contributed by atoms with van der Waals surface area (Å²) < 4.78 is 5.12. The third-order valence-electron chi connectivity index (χ3n) is 5.50. The Morgan fingerprint density at radius 3 is 2.80 bits per heavy atom. The Morgan fingerprint density at radius 1 is 1.44 bits per heavy atom. The van der Waals surface area contributed by atoms with Crippen LogP contribution in [-0.2, 0) is 12.8 Å². The van der Waals surface area contributed by atoms with Gasteiger partial charge in [0.1, 0.15) is 5.00 Å². The zero-order valence-electron chi connectivity index (χ0n) is 14.8. The normalized spacial score (nSPS) is 17.2. The van der Waals surface area contributed by atoms with E-state index in [1.807, 2.05) is 0 Å². The van der Waals surface area contributed by atoms with Gasteiger partial charge >= 0.3 is 0 Å². The van der Waals surface area contributed by atoms with E-state index in [2.05, 4.69) is 26.1 Å². The first-order chi connectivity index (χ1) is 11.8. The van der Waals surface area contributed by atoms with Crippen LogP contribution in [0.1, 0.15) is 65.0 Å². The lowest BCUT2D eigenvalue weighted by Crippen LogP contribution is -2.29. The Balaban J connectivity index is 1.91. The summed E-state index contributed by atoms with van der Waals surface area (Å²) in [4.78, 5) is 25.5. The molecular weight excluding hydrogens is 336 g/mol. The molecule has 0 spiro atoms. The number of thiophene rings is 1. The predicted molar refractivity (Wildman–Crippen MR) is 99.1 cm³/mol. The number of nitrogens with two attached hydrogens (primary N) is 1. The lowest BCUT2D eigenvalue weighted by molar-refractivity contribution is 0.0997. The van der Waals surface area contributed by atoms with Crippen LogP contribution in [0.3, 0.4) is 0 Å². The van der Waals surface area contributed by atoms with Crippen LogP contribution in [0.5, 0.6) is 0 Å². The molecule has 0 bridgehead atoms. The lowest BCUT2D eigenvalue weighted by atomic mass is 9.69. The zero-order chi connectivity index (χ0) is 18.2. The number of primary amides is 1. The van der Waals surface area contributed by atoms with E-state index in [1.165, 1.54) is 22.5 Å². The fourth-order valence-corrected chi connectivity index (χ4v) is 4.79. The highest BCUT2D eigenvalue weighted by molar-refractivity contribution is 7.17. The molecule has 25 heavy (non-hydrogen) atoms. The maximum Gasteiger partial charge on any atom is 0.291 e. The van der Waals surface area contributed by atoms with Crippen LogP contribution in [0.2, 0.25) is 0 Å². The summed E-state index contributed by atoms with van der Waals surface area (Å²) in [7, 11) is 0. The van der Waals surface area contributed by atoms with Crippen molar-refractivity contribution >= 4 is 28.2 Å². The van der Waals surface area contributed by atoms with E-state index in [0.29, 0.717) is 16.5 Å². The van der Waals surface area contributed by atoms with Gasteiger partial charge in [0.05, 0.1) is 11.8 Å². The van der Waals surface area contributed by atoms with Crippen molar-refractivity contribution < 1.29 is 14.0 Å². The number of nitrogens with one attached hydrogen (secondary N) is 1. The number of carbonyl (C=O) groups is 2. The lowest BCUT2D eigenvalue weighted by Gasteiger charge is -2.36. The van der Waals surface area contributed by atoms with Gasteiger partial charge in [0.2, 0.25) is 0 Å². The van der Waals surface area contributed by atoms with Crippen molar-refractivity contribution in [2.45, 2.75) is 46.5 Å². The molecule has 0 unspecified atom stereocenters. The topological polar surface area (TPSA) is 85.3 Å². The molecule has 0 aliphatic heterocycles. The van der Waals surface area contributed by atoms with E-state index in [4.69, 9.17) is 10.2 Å². The van der Waals surface area contributed by atoms with Gasteiger partial charge in [-0.2, -0.15) is 0 Å². The van der Waals surface area contributed by atoms with Crippen LogP contribution < -0.4 is 11.1 Å². The first kappa shape index (κ1) is 17.7. The quantitative estimate of drug-likeness (QED) is 0.836. The molecule has 5 nitrogen and oxygen atoms in total. The number of furan rings is 1. The molecule has 2 aromatic rings. The largest absolute Gasteiger partial charge is 0.459 e. The van der Waals surface area contributed by atoms with Crippen LogP contribution in [-0.4, -0.2) is 11.8 Å². The van der Waals surface area contributed by atoms with Crippen molar-refractivity contribution in [3.63, 3.8) is 0 Å². The molecule has 1 aliphatic carbocycles. The summed E-state index contributed by atoms with van der Waals surface area (Å²) in [5.74, 6) is -0.0678. The average molecular weight is 360 g/mol. The minimum Gasteiger partial charge on any atom is -0.459 e. The number of fused-ring (bicyclic) bond motifs is 1. The number of carbonyl (C=O) groups excluding carboxylic acids is 2. The van der Waals surface area contributed by atoms with Crippen molar-refractivity contribution in [2.24, 2.45) is 17.1 Å². The molecule has 0 aromatic carbocycles. The number of rotatable bonds is 5. The molecule has 3 N–H and O–H groups in total. The second kappa shape index (κ2) is 6.67. The van der Waals surface area contributed by atoms with E-state index in [9.17, 15) is 9.59 Å². The van der Waals surface area contributed by atoms with Gasteiger partial charge in [0.25, 0.3) is 11.8 Å². The molecule has 2 heterocycles. The molecule has 0 radical (unpaired) electrons. The SMILES string of the molecule is CCC(C)(C)[C@H]1CCc2c(sc(NC(=O)c3ccco3)c2C(N)=O)C1. The first-order valence-corrected chi connectivity index (χ1v) is 9.44. The predicted octanol–water partition coefficient (Wildman–Crippen LogP) is 4.23. The summed E-state index contributed by atoms with van der Waals surface area (Å²) in [6.07, 6.45) is 5.35. The Labute approximate surface area is 151 Å². The minimum atomic E-state index is -0.486. The number of anilines is 1. The summed E-state index contributed by atoms with van der Waals surface area (Å²) in [5.41, 5.74) is 7.35. The van der Waals surface area contributed by atoms with Crippen molar-refractivity contribution in [2.75, 3.05) is 5.32 Å². The maximum absolute atomic E-state index is 12.3. The molecule has 2 amide bonds. The van der Waals surface area contributed by atoms with Crippen LogP contribution >= 0.6 is 11.3 Å². The highest BCUT2D eigenvalue weighted by Crippen LogP contribution is 2.45. The Hall–Kier alpha value is -2.08. The Morgan fingerprint density at radius 2 is 2.20 bits per heavy atom. The molecule has 0 fully saturated rings. The van der Waals surface area contributed by atoms with E-state index in [-0.39, 0.29) is 17.1 Å². The van der Waals surface area contributed by atoms with Gasteiger partial charge in [0, 0.05) is 4.88 Å². The van der Waals surface area contributed by atoms with Gasteiger partial charge in [-0.1, -0.05) is 27.2 Å². The molecule has 0 saturated carbocycles. The molecule has 3 rings (SSSR count). The fraction of sp³-hybridized carbons (Fsp3) is 0.474. The summed E-state index contributed by atoms with van der Waals surface area (Å²) >= 11 is 1.47. The van der Waals surface area contributed by atoms with E-state index >= 15 is 0 Å². The third kappa shape index (κ3) is 3.35. The smallest absolute Gasteiger partial charge is 0.291 e. The van der Waals surface area contributed by atoms with Crippen LogP contribution in [0.4, 0.5) is 5.00 Å². The molecule has 1 aliphatic rings. The average Bonchev–Trinajstić information content (AvgIpc) is 3.21. The van der Waals surface area contributed by atoms with Gasteiger partial charge in [0.15, 0.2) is 5.76 Å². The monoisotopic (exact) mass is 360 g/mol. The molecule has 6 heteroatoms. The number of hydrogen-bond donors (Lipinski definition) is 2. The minimum absolute atomic E-state index is 0.215. The molecule has 1 atom stereocenters. The van der Waals surface area contributed by atoms with Gasteiger partial charge in [-0.3, -0.25) is 9.59 Å². The molecule has 2 aromatic heterocycles. The molecular formula is C19H24N2O3S. The van der Waals surface area contributed by atoms with Gasteiger partial charge in [-0.25, -0.2) is 0 Å². The third-order valence-corrected chi connectivity index (χ3v) is 6.67. The maximum atomic E-state index is 12.3. The fourth-order valence-electron chi connectivity index (χ4n) is 3.46. The standard InChI is InChI=1S/C19H24N2O3S/c1-4-19(2,3)11-7-8-12-14(10-11)25-18(15(12)16(20)22)21-17(23)13-6-5-9-24-13/h5-6,9,11H,4,7-8,10H2,1-3H3,(H2,20,22)(H,21,23)/t11-/m0/s1. The molecule has 0 saturated heterocycles. The summed E-state index contributed by atoms with van der Waals surface area (Å²) in [6, 6.07) is 3.24. The van der Waals surface area contributed by atoms with Gasteiger partial charge in [-0.05, 0) is 48.3 Å². The Bertz CT molecular complexity index is 790. The van der Waals surface area contributed by atoms with Gasteiger partial charge in [-0.15, -0.1) is 11.3 Å². The van der Waals surface area contributed by atoms with Crippen molar-refractivity contribution in [1.82, 2.24) is 0 Å². The Kier molecular flexibility index (Phi) is 4.73. The van der Waals surface area contributed by atoms with E-state index in [1.54, 1.807) is 12.1 Å². The molecule has 134 valence electrons. The van der Waals surface area contributed by atoms with Crippen LogP contribution in [0, 0.1) is 11.3 Å². The van der Waals surface area contributed by atoms with Crippen molar-refractivity contribution in [1.29, 1.82) is 0 Å². The van der Waals surface area contributed by atoms with Crippen LogP contribution in [0.15, 0.2) is 22.8 Å².